The van der Waals surface area contributed by atoms with E-state index in [0.29, 0.717) is 6.42 Å². The van der Waals surface area contributed by atoms with Crippen LogP contribution in [0, 0.1) is 5.92 Å². The van der Waals surface area contributed by atoms with Gasteiger partial charge in [-0.1, -0.05) is 12.1 Å². The van der Waals surface area contributed by atoms with Crippen LogP contribution in [-0.4, -0.2) is 43.5 Å². The van der Waals surface area contributed by atoms with Gasteiger partial charge >= 0.3 is 5.97 Å². The highest BCUT2D eigenvalue weighted by Gasteiger charge is 2.28. The standard InChI is InChI=1S/C13H15NO5S/c15-12(10-3-1-2-4-11(10)13(16)17)14-7-9-5-6-20(18,19)8-9/h1-4,9H,5-8H2,(H,14,15)(H,16,17). The molecule has 0 bridgehead atoms. The van der Waals surface area contributed by atoms with Gasteiger partial charge in [0.15, 0.2) is 9.84 Å². The van der Waals surface area contributed by atoms with Crippen LogP contribution in [0.25, 0.3) is 0 Å². The second kappa shape index (κ2) is 5.62. The Morgan fingerprint density at radius 1 is 1.25 bits per heavy atom. The van der Waals surface area contributed by atoms with Crippen molar-refractivity contribution >= 4 is 21.7 Å². The second-order valence-corrected chi connectivity index (χ2v) is 7.06. The fourth-order valence-corrected chi connectivity index (χ4v) is 4.09. The minimum absolute atomic E-state index is 0.0657. The smallest absolute Gasteiger partial charge is 0.336 e. The van der Waals surface area contributed by atoms with E-state index in [1.807, 2.05) is 0 Å². The molecule has 1 fully saturated rings. The molecule has 2 rings (SSSR count). The quantitative estimate of drug-likeness (QED) is 0.845. The first kappa shape index (κ1) is 14.5. The Bertz CT molecular complexity index is 638. The molecule has 0 radical (unpaired) electrons. The van der Waals surface area contributed by atoms with Gasteiger partial charge in [-0.15, -0.1) is 0 Å². The Labute approximate surface area is 116 Å². The maximum absolute atomic E-state index is 12.0. The number of hydrogen-bond acceptors (Lipinski definition) is 4. The molecule has 1 amide bonds. The highest BCUT2D eigenvalue weighted by Crippen LogP contribution is 2.17. The van der Waals surface area contributed by atoms with Gasteiger partial charge in [-0.2, -0.15) is 0 Å². The zero-order valence-electron chi connectivity index (χ0n) is 10.7. The third kappa shape index (κ3) is 3.36. The van der Waals surface area contributed by atoms with Crippen LogP contribution in [0.3, 0.4) is 0 Å². The van der Waals surface area contributed by atoms with Crippen molar-refractivity contribution in [3.05, 3.63) is 35.4 Å². The summed E-state index contributed by atoms with van der Waals surface area (Å²) < 4.78 is 22.6. The van der Waals surface area contributed by atoms with Gasteiger partial charge in [-0.05, 0) is 24.5 Å². The maximum atomic E-state index is 12.0. The number of nitrogens with one attached hydrogen (secondary N) is 1. The lowest BCUT2D eigenvalue weighted by molar-refractivity contribution is 0.0691. The van der Waals surface area contributed by atoms with Gasteiger partial charge in [0.1, 0.15) is 0 Å². The van der Waals surface area contributed by atoms with E-state index in [0.717, 1.165) is 0 Å². The summed E-state index contributed by atoms with van der Waals surface area (Å²) in [5, 5.41) is 11.6. The molecule has 1 atom stereocenters. The molecule has 2 N–H and O–H groups in total. The van der Waals surface area contributed by atoms with Crippen LogP contribution in [0.15, 0.2) is 24.3 Å². The third-order valence-electron chi connectivity index (χ3n) is 3.28. The molecule has 1 aromatic carbocycles. The summed E-state index contributed by atoms with van der Waals surface area (Å²) in [6.07, 6.45) is 0.531. The average molecular weight is 297 g/mol. The summed E-state index contributed by atoms with van der Waals surface area (Å²) in [4.78, 5) is 23.0. The van der Waals surface area contributed by atoms with E-state index >= 15 is 0 Å². The SMILES string of the molecule is O=C(O)c1ccccc1C(=O)NCC1CCS(=O)(=O)C1. The molecule has 0 saturated carbocycles. The largest absolute Gasteiger partial charge is 0.478 e. The fourth-order valence-electron chi connectivity index (χ4n) is 2.23. The van der Waals surface area contributed by atoms with Crippen molar-refractivity contribution < 1.29 is 23.1 Å². The van der Waals surface area contributed by atoms with Gasteiger partial charge in [0.25, 0.3) is 5.91 Å². The predicted octanol–water partition coefficient (Wildman–Crippen LogP) is 0.549. The van der Waals surface area contributed by atoms with Gasteiger partial charge in [0, 0.05) is 6.54 Å². The number of aromatic carboxylic acids is 1. The minimum Gasteiger partial charge on any atom is -0.478 e. The molecule has 1 saturated heterocycles. The summed E-state index contributed by atoms with van der Waals surface area (Å²) in [6, 6.07) is 5.92. The van der Waals surface area contributed by atoms with Crippen molar-refractivity contribution in [1.29, 1.82) is 0 Å². The number of sulfone groups is 1. The molecule has 1 aromatic rings. The van der Waals surface area contributed by atoms with E-state index in [9.17, 15) is 18.0 Å². The zero-order valence-corrected chi connectivity index (χ0v) is 11.5. The third-order valence-corrected chi connectivity index (χ3v) is 5.12. The Hall–Kier alpha value is -1.89. The zero-order chi connectivity index (χ0) is 14.8. The van der Waals surface area contributed by atoms with Crippen LogP contribution in [0.1, 0.15) is 27.1 Å². The van der Waals surface area contributed by atoms with Crippen molar-refractivity contribution in [2.75, 3.05) is 18.1 Å². The topological polar surface area (TPSA) is 101 Å². The van der Waals surface area contributed by atoms with Crippen molar-refractivity contribution in [3.63, 3.8) is 0 Å². The number of carboxylic acids is 1. The lowest BCUT2D eigenvalue weighted by atomic mass is 10.1. The normalized spacial score (nSPS) is 20.5. The van der Waals surface area contributed by atoms with Crippen LogP contribution >= 0.6 is 0 Å². The number of carbonyl (C=O) groups excluding carboxylic acids is 1. The maximum Gasteiger partial charge on any atom is 0.336 e. The molecule has 1 aliphatic rings. The predicted molar refractivity (Wildman–Crippen MR) is 72.5 cm³/mol. The van der Waals surface area contributed by atoms with E-state index in [1.54, 1.807) is 12.1 Å². The molecular formula is C13H15NO5S. The van der Waals surface area contributed by atoms with E-state index in [-0.39, 0.29) is 35.1 Å². The summed E-state index contributed by atoms with van der Waals surface area (Å²) >= 11 is 0. The first-order chi connectivity index (χ1) is 9.39. The first-order valence-electron chi connectivity index (χ1n) is 6.20. The Morgan fingerprint density at radius 3 is 2.45 bits per heavy atom. The molecule has 1 heterocycles. The van der Waals surface area contributed by atoms with Crippen LogP contribution in [0.4, 0.5) is 0 Å². The summed E-state index contributed by atoms with van der Waals surface area (Å²) in [5.74, 6) is -1.53. The monoisotopic (exact) mass is 297 g/mol. The van der Waals surface area contributed by atoms with E-state index < -0.39 is 21.7 Å². The molecule has 20 heavy (non-hydrogen) atoms. The van der Waals surface area contributed by atoms with Crippen LogP contribution in [-0.2, 0) is 9.84 Å². The number of carboxylic acid groups (broad SMARTS) is 1. The first-order valence-corrected chi connectivity index (χ1v) is 8.02. The van der Waals surface area contributed by atoms with Crippen molar-refractivity contribution in [2.24, 2.45) is 5.92 Å². The Balaban J connectivity index is 2.01. The van der Waals surface area contributed by atoms with Gasteiger partial charge < -0.3 is 10.4 Å². The second-order valence-electron chi connectivity index (χ2n) is 4.83. The molecule has 7 heteroatoms. The molecule has 6 nitrogen and oxygen atoms in total. The van der Waals surface area contributed by atoms with Gasteiger partial charge in [0.2, 0.25) is 0 Å². The van der Waals surface area contributed by atoms with Crippen molar-refractivity contribution in [3.8, 4) is 0 Å². The fraction of sp³-hybridized carbons (Fsp3) is 0.385. The minimum atomic E-state index is -2.98. The number of rotatable bonds is 4. The van der Waals surface area contributed by atoms with Gasteiger partial charge in [-0.3, -0.25) is 4.79 Å². The van der Waals surface area contributed by atoms with E-state index in [4.69, 9.17) is 5.11 Å². The molecule has 0 aliphatic carbocycles. The van der Waals surface area contributed by atoms with Gasteiger partial charge in [0.05, 0.1) is 22.6 Å². The highest BCUT2D eigenvalue weighted by molar-refractivity contribution is 7.91. The Kier molecular flexibility index (Phi) is 4.08. The summed E-state index contributed by atoms with van der Waals surface area (Å²) in [6.45, 7) is 0.242. The van der Waals surface area contributed by atoms with E-state index in [1.165, 1.54) is 12.1 Å². The molecule has 0 spiro atoms. The molecule has 0 aromatic heterocycles. The summed E-state index contributed by atoms with van der Waals surface area (Å²) in [7, 11) is -2.98. The number of hydrogen-bond donors (Lipinski definition) is 2. The molecule has 1 unspecified atom stereocenters. The van der Waals surface area contributed by atoms with Crippen molar-refractivity contribution in [1.82, 2.24) is 5.32 Å². The number of benzene rings is 1. The Morgan fingerprint density at radius 2 is 1.90 bits per heavy atom. The molecular weight excluding hydrogens is 282 g/mol. The molecule has 1 aliphatic heterocycles. The van der Waals surface area contributed by atoms with E-state index in [2.05, 4.69) is 5.32 Å². The number of amides is 1. The lowest BCUT2D eigenvalue weighted by Crippen LogP contribution is -2.30. The highest BCUT2D eigenvalue weighted by atomic mass is 32.2. The lowest BCUT2D eigenvalue weighted by Gasteiger charge is -2.11. The molecule has 108 valence electrons. The van der Waals surface area contributed by atoms with Crippen LogP contribution in [0.5, 0.6) is 0 Å². The van der Waals surface area contributed by atoms with Crippen LogP contribution in [0.2, 0.25) is 0 Å². The van der Waals surface area contributed by atoms with Crippen LogP contribution < -0.4 is 5.32 Å². The number of carbonyl (C=O) groups is 2. The average Bonchev–Trinajstić information content (AvgIpc) is 2.75. The van der Waals surface area contributed by atoms with Crippen molar-refractivity contribution in [2.45, 2.75) is 6.42 Å². The van der Waals surface area contributed by atoms with Gasteiger partial charge in [-0.25, -0.2) is 13.2 Å². The summed E-state index contributed by atoms with van der Waals surface area (Å²) in [5.41, 5.74) is 0.0184.